The van der Waals surface area contributed by atoms with Gasteiger partial charge in [-0.1, -0.05) is 41.9 Å². The average Bonchev–Trinajstić information content (AvgIpc) is 3.42. The number of halogens is 1. The number of fused-ring (bicyclic) bond motifs is 1. The number of amides is 3. The van der Waals surface area contributed by atoms with E-state index in [-0.39, 0.29) is 24.3 Å². The predicted molar refractivity (Wildman–Crippen MR) is 142 cm³/mol. The average molecular weight is 528 g/mol. The fourth-order valence-corrected chi connectivity index (χ4v) is 8.81. The first kappa shape index (κ1) is 25.1. The van der Waals surface area contributed by atoms with Crippen LogP contribution in [-0.2, 0) is 14.4 Å². The van der Waals surface area contributed by atoms with Gasteiger partial charge in [-0.05, 0) is 56.9 Å². The van der Waals surface area contributed by atoms with Crippen LogP contribution >= 0.6 is 23.4 Å². The summed E-state index contributed by atoms with van der Waals surface area (Å²) in [6, 6.07) is 15.5. The first-order valence-corrected chi connectivity index (χ1v) is 13.5. The molecule has 7 nitrogen and oxygen atoms in total. The summed E-state index contributed by atoms with van der Waals surface area (Å²) < 4.78 is -1.14. The summed E-state index contributed by atoms with van der Waals surface area (Å²) in [5.41, 5.74) is 1.18. The second-order valence-electron chi connectivity index (χ2n) is 10.0. The summed E-state index contributed by atoms with van der Waals surface area (Å²) in [5, 5.41) is 15.7. The fraction of sp³-hybridized carbons (Fsp3) is 0.444. The number of hydrogen-bond donors (Lipinski definition) is 3. The number of rotatable bonds is 8. The third-order valence-electron chi connectivity index (χ3n) is 7.79. The standard InChI is InChI=1S/C27H30ClN3O4S/c1-26-13-14-27(36-26)21(20(26)23(33)29-17-9-3-2-4-10-17)25(35)31(15-7-8-16-32)22(27)24(34)30-19-12-6-5-11-18(19)28/h2-6,9-12,20-22,32H,7-8,13-16H2,1H3,(H,29,33)(H,30,34)/t20-,21-,22?,26+,27?/m0/s1. The number of aliphatic hydroxyl groups excluding tert-OH is 1. The lowest BCUT2D eigenvalue weighted by atomic mass is 9.66. The molecule has 5 rings (SSSR count). The van der Waals surface area contributed by atoms with Gasteiger partial charge in [-0.3, -0.25) is 14.4 Å². The molecule has 9 heteroatoms. The van der Waals surface area contributed by atoms with Gasteiger partial charge in [0, 0.05) is 23.6 Å². The van der Waals surface area contributed by atoms with Crippen LogP contribution in [0.1, 0.15) is 32.6 Å². The van der Waals surface area contributed by atoms with E-state index in [2.05, 4.69) is 10.6 Å². The number of thioether (sulfide) groups is 1. The van der Waals surface area contributed by atoms with E-state index in [0.717, 1.165) is 6.42 Å². The van der Waals surface area contributed by atoms with E-state index in [1.165, 1.54) is 0 Å². The Kier molecular flexibility index (Phi) is 6.78. The van der Waals surface area contributed by atoms with Crippen LogP contribution in [0, 0.1) is 11.8 Å². The molecule has 3 fully saturated rings. The summed E-state index contributed by atoms with van der Waals surface area (Å²) in [6.07, 6.45) is 2.53. The molecule has 2 aromatic carbocycles. The molecule has 2 aromatic rings. The predicted octanol–water partition coefficient (Wildman–Crippen LogP) is 4.17. The van der Waals surface area contributed by atoms with Crippen LogP contribution in [0.15, 0.2) is 54.6 Å². The molecule has 3 amide bonds. The fourth-order valence-electron chi connectivity index (χ4n) is 6.27. The number of nitrogens with one attached hydrogen (secondary N) is 2. The molecule has 0 aromatic heterocycles. The van der Waals surface area contributed by atoms with Gasteiger partial charge in [0.05, 0.1) is 27.3 Å². The van der Waals surface area contributed by atoms with Gasteiger partial charge in [-0.25, -0.2) is 0 Å². The SMILES string of the molecule is C[C@]12CCC3(S1)C(C(=O)Nc1ccccc1Cl)N(CCCCO)C(=O)[C@@H]3[C@H]2C(=O)Nc1ccccc1. The first-order chi connectivity index (χ1) is 17.3. The van der Waals surface area contributed by atoms with Crippen molar-refractivity contribution in [1.29, 1.82) is 0 Å². The van der Waals surface area contributed by atoms with Crippen LogP contribution < -0.4 is 10.6 Å². The highest BCUT2D eigenvalue weighted by atomic mass is 35.5. The molecule has 5 atom stereocenters. The zero-order chi connectivity index (χ0) is 25.5. The minimum absolute atomic E-state index is 0.0159. The number of aliphatic hydroxyl groups is 1. The summed E-state index contributed by atoms with van der Waals surface area (Å²) >= 11 is 7.94. The number of likely N-dealkylation sites (tertiary alicyclic amines) is 1. The molecule has 2 bridgehead atoms. The van der Waals surface area contributed by atoms with Gasteiger partial charge in [-0.15, -0.1) is 11.8 Å². The van der Waals surface area contributed by atoms with E-state index in [1.807, 2.05) is 37.3 Å². The topological polar surface area (TPSA) is 98.7 Å². The monoisotopic (exact) mass is 527 g/mol. The molecule has 3 saturated heterocycles. The summed E-state index contributed by atoms with van der Waals surface area (Å²) in [4.78, 5) is 43.1. The Morgan fingerprint density at radius 2 is 1.78 bits per heavy atom. The third-order valence-corrected chi connectivity index (χ3v) is 10.1. The van der Waals surface area contributed by atoms with Crippen molar-refractivity contribution < 1.29 is 19.5 Å². The van der Waals surface area contributed by atoms with E-state index < -0.39 is 27.4 Å². The molecule has 0 radical (unpaired) electrons. The van der Waals surface area contributed by atoms with Crippen LogP contribution in [0.2, 0.25) is 5.02 Å². The molecule has 190 valence electrons. The van der Waals surface area contributed by atoms with Crippen molar-refractivity contribution in [3.05, 3.63) is 59.6 Å². The smallest absolute Gasteiger partial charge is 0.248 e. The lowest BCUT2D eigenvalue weighted by Crippen LogP contribution is -2.51. The Morgan fingerprint density at radius 1 is 1.06 bits per heavy atom. The zero-order valence-corrected chi connectivity index (χ0v) is 21.6. The molecule has 0 saturated carbocycles. The van der Waals surface area contributed by atoms with Crippen molar-refractivity contribution in [1.82, 2.24) is 4.90 Å². The molecule has 3 aliphatic heterocycles. The molecule has 1 spiro atoms. The first-order valence-electron chi connectivity index (χ1n) is 12.3. The van der Waals surface area contributed by atoms with Gasteiger partial charge in [-0.2, -0.15) is 0 Å². The third kappa shape index (κ3) is 4.09. The maximum absolute atomic E-state index is 14.0. The van der Waals surface area contributed by atoms with Crippen molar-refractivity contribution >= 4 is 52.5 Å². The molecule has 0 aliphatic carbocycles. The number of anilines is 2. The second-order valence-corrected chi connectivity index (χ2v) is 12.3. The van der Waals surface area contributed by atoms with Crippen molar-refractivity contribution in [2.45, 2.75) is 48.1 Å². The number of nitrogens with zero attached hydrogens (tertiary/aromatic N) is 1. The summed E-state index contributed by atoms with van der Waals surface area (Å²) in [6.45, 7) is 2.41. The Balaban J connectivity index is 1.49. The van der Waals surface area contributed by atoms with E-state index >= 15 is 0 Å². The molecule has 3 aliphatic rings. The van der Waals surface area contributed by atoms with Crippen LogP contribution in [0.4, 0.5) is 11.4 Å². The number of carbonyl (C=O) groups is 3. The van der Waals surface area contributed by atoms with Gasteiger partial charge >= 0.3 is 0 Å². The van der Waals surface area contributed by atoms with Crippen LogP contribution in [-0.4, -0.2) is 56.4 Å². The lowest BCUT2D eigenvalue weighted by Gasteiger charge is -2.35. The van der Waals surface area contributed by atoms with E-state index in [4.69, 9.17) is 11.6 Å². The minimum Gasteiger partial charge on any atom is -0.396 e. The van der Waals surface area contributed by atoms with Gasteiger partial charge in [0.25, 0.3) is 0 Å². The molecular weight excluding hydrogens is 498 g/mol. The van der Waals surface area contributed by atoms with Crippen molar-refractivity contribution in [3.8, 4) is 0 Å². The molecule has 36 heavy (non-hydrogen) atoms. The van der Waals surface area contributed by atoms with Gasteiger partial charge in [0.2, 0.25) is 17.7 Å². The van der Waals surface area contributed by atoms with Gasteiger partial charge < -0.3 is 20.6 Å². The Hall–Kier alpha value is -2.55. The highest BCUT2D eigenvalue weighted by Crippen LogP contribution is 2.71. The van der Waals surface area contributed by atoms with Crippen molar-refractivity contribution in [3.63, 3.8) is 0 Å². The molecule has 3 heterocycles. The summed E-state index contributed by atoms with van der Waals surface area (Å²) in [5.74, 6) is -1.78. The van der Waals surface area contributed by atoms with Crippen LogP contribution in [0.5, 0.6) is 0 Å². The molecule has 2 unspecified atom stereocenters. The molecule has 3 N–H and O–H groups in total. The quantitative estimate of drug-likeness (QED) is 0.447. The Bertz CT molecular complexity index is 1180. The number of carbonyl (C=O) groups excluding carboxylic acids is 3. The van der Waals surface area contributed by atoms with E-state index in [9.17, 15) is 19.5 Å². The number of hydrogen-bond acceptors (Lipinski definition) is 5. The van der Waals surface area contributed by atoms with Crippen molar-refractivity contribution in [2.24, 2.45) is 11.8 Å². The Labute approximate surface area is 220 Å². The summed E-state index contributed by atoms with van der Waals surface area (Å²) in [7, 11) is 0. The Morgan fingerprint density at radius 3 is 2.50 bits per heavy atom. The largest absolute Gasteiger partial charge is 0.396 e. The maximum atomic E-state index is 14.0. The van der Waals surface area contributed by atoms with E-state index in [0.29, 0.717) is 42.2 Å². The minimum atomic E-state index is -0.730. The van der Waals surface area contributed by atoms with Gasteiger partial charge in [0.15, 0.2) is 0 Å². The number of para-hydroxylation sites is 2. The van der Waals surface area contributed by atoms with E-state index in [1.54, 1.807) is 40.9 Å². The zero-order valence-electron chi connectivity index (χ0n) is 20.1. The lowest BCUT2D eigenvalue weighted by molar-refractivity contribution is -0.139. The highest BCUT2D eigenvalue weighted by Gasteiger charge is 2.77. The second kappa shape index (κ2) is 9.72. The van der Waals surface area contributed by atoms with Crippen LogP contribution in [0.3, 0.4) is 0 Å². The molecular formula is C27H30ClN3O4S. The van der Waals surface area contributed by atoms with Gasteiger partial charge in [0.1, 0.15) is 6.04 Å². The number of benzene rings is 2. The highest BCUT2D eigenvalue weighted by molar-refractivity contribution is 8.02. The van der Waals surface area contributed by atoms with Crippen molar-refractivity contribution in [2.75, 3.05) is 23.8 Å². The number of unbranched alkanes of at least 4 members (excludes halogenated alkanes) is 1. The normalized spacial score (nSPS) is 30.4. The van der Waals surface area contributed by atoms with Crippen LogP contribution in [0.25, 0.3) is 0 Å². The maximum Gasteiger partial charge on any atom is 0.248 e.